The summed E-state index contributed by atoms with van der Waals surface area (Å²) >= 11 is 0. The van der Waals surface area contributed by atoms with E-state index in [1.165, 1.54) is 12.1 Å². The number of H-pyrrole nitrogens is 1. The summed E-state index contributed by atoms with van der Waals surface area (Å²) < 4.78 is 13.3. The molecule has 4 heterocycles. The number of amides is 2. The third kappa shape index (κ3) is 3.88. The topological polar surface area (TPSA) is 95.1 Å². The van der Waals surface area contributed by atoms with Gasteiger partial charge in [-0.25, -0.2) is 14.4 Å². The molecule has 0 spiro atoms. The lowest BCUT2D eigenvalue weighted by Crippen LogP contribution is -2.37. The zero-order valence-electron chi connectivity index (χ0n) is 18.6. The number of benzene rings is 1. The van der Waals surface area contributed by atoms with Crippen molar-refractivity contribution in [2.45, 2.75) is 52.1 Å². The predicted octanol–water partition coefficient (Wildman–Crippen LogP) is 3.41. The van der Waals surface area contributed by atoms with Gasteiger partial charge >= 0.3 is 0 Å². The van der Waals surface area contributed by atoms with Gasteiger partial charge in [-0.3, -0.25) is 19.6 Å². The number of fused-ring (bicyclic) bond motifs is 1. The second kappa shape index (κ2) is 8.38. The number of nitrogens with zero attached hydrogens (tertiary/aromatic N) is 5. The number of hydrogen-bond acceptors (Lipinski definition) is 5. The number of hydrogen-bond donors (Lipinski definition) is 1. The number of aromatic amines is 1. The van der Waals surface area contributed by atoms with E-state index in [1.54, 1.807) is 28.1 Å². The van der Waals surface area contributed by atoms with Crippen molar-refractivity contribution in [1.82, 2.24) is 25.1 Å². The summed E-state index contributed by atoms with van der Waals surface area (Å²) in [5.41, 5.74) is 3.87. The minimum absolute atomic E-state index is 0.0238. The van der Waals surface area contributed by atoms with Crippen LogP contribution in [0.5, 0.6) is 0 Å². The van der Waals surface area contributed by atoms with Crippen molar-refractivity contribution < 1.29 is 14.0 Å². The van der Waals surface area contributed by atoms with E-state index in [0.717, 1.165) is 35.4 Å². The Bertz CT molecular complexity index is 1220. The number of likely N-dealkylation sites (tertiary alicyclic amines) is 1. The molecule has 0 saturated carbocycles. The monoisotopic (exact) mass is 448 g/mol. The normalized spacial score (nSPS) is 18.0. The zero-order chi connectivity index (χ0) is 23.1. The number of aryl methyl sites for hydroxylation is 2. The molecule has 1 saturated heterocycles. The van der Waals surface area contributed by atoms with Crippen molar-refractivity contribution >= 4 is 17.6 Å². The van der Waals surface area contributed by atoms with Crippen molar-refractivity contribution in [2.75, 3.05) is 11.4 Å². The van der Waals surface area contributed by atoms with Crippen LogP contribution in [0, 0.1) is 19.7 Å². The first-order valence-corrected chi connectivity index (χ1v) is 11.2. The second-order valence-electron chi connectivity index (χ2n) is 8.64. The number of aromatic nitrogens is 4. The van der Waals surface area contributed by atoms with E-state index in [9.17, 15) is 14.0 Å². The van der Waals surface area contributed by atoms with E-state index in [0.29, 0.717) is 43.1 Å². The molecule has 0 radical (unpaired) electrons. The van der Waals surface area contributed by atoms with Crippen LogP contribution in [0.4, 0.5) is 10.2 Å². The Balaban J connectivity index is 1.50. The van der Waals surface area contributed by atoms with E-state index >= 15 is 0 Å². The smallest absolute Gasteiger partial charge is 0.257 e. The molecule has 3 aromatic rings. The van der Waals surface area contributed by atoms with Gasteiger partial charge in [-0.15, -0.1) is 0 Å². The molecule has 1 atom stereocenters. The molecule has 170 valence electrons. The third-order valence-corrected chi connectivity index (χ3v) is 6.48. The third-order valence-electron chi connectivity index (χ3n) is 6.48. The Morgan fingerprint density at radius 1 is 1.18 bits per heavy atom. The summed E-state index contributed by atoms with van der Waals surface area (Å²) in [5, 5.41) is 6.79. The lowest BCUT2D eigenvalue weighted by atomic mass is 10.0. The molecule has 1 aromatic carbocycles. The molecular formula is C24H25FN6O2. The van der Waals surface area contributed by atoms with Crippen LogP contribution in [-0.4, -0.2) is 43.4 Å². The largest absolute Gasteiger partial charge is 0.328 e. The highest BCUT2D eigenvalue weighted by molar-refractivity contribution is 5.96. The molecule has 9 heteroatoms. The van der Waals surface area contributed by atoms with Gasteiger partial charge < -0.3 is 4.90 Å². The molecule has 0 aliphatic carbocycles. The lowest BCUT2D eigenvalue weighted by molar-refractivity contribution is -0.119. The highest BCUT2D eigenvalue weighted by atomic mass is 19.1. The molecule has 2 aliphatic rings. The van der Waals surface area contributed by atoms with E-state index in [2.05, 4.69) is 10.2 Å². The first kappa shape index (κ1) is 21.2. The molecule has 8 nitrogen and oxygen atoms in total. The van der Waals surface area contributed by atoms with Gasteiger partial charge in [-0.2, -0.15) is 5.10 Å². The summed E-state index contributed by atoms with van der Waals surface area (Å²) in [5.74, 6) is 0.712. The predicted molar refractivity (Wildman–Crippen MR) is 119 cm³/mol. The van der Waals surface area contributed by atoms with Gasteiger partial charge in [0.15, 0.2) is 5.82 Å². The quantitative estimate of drug-likeness (QED) is 0.660. The molecule has 0 unspecified atom stereocenters. The lowest BCUT2D eigenvalue weighted by Gasteiger charge is -2.31. The Hall–Kier alpha value is -3.62. The fraction of sp³-hybridized carbons (Fsp3) is 0.375. The second-order valence-corrected chi connectivity index (χ2v) is 8.64. The van der Waals surface area contributed by atoms with Crippen molar-refractivity contribution in [3.8, 4) is 0 Å². The molecule has 2 aromatic heterocycles. The summed E-state index contributed by atoms with van der Waals surface area (Å²) in [7, 11) is 0. The number of nitrogens with one attached hydrogen (secondary N) is 1. The fourth-order valence-electron chi connectivity index (χ4n) is 4.69. The number of rotatable bonds is 4. The van der Waals surface area contributed by atoms with Gasteiger partial charge in [0.05, 0.1) is 24.3 Å². The number of halogens is 1. The molecule has 33 heavy (non-hydrogen) atoms. The number of carbonyl (C=O) groups is 2. The summed E-state index contributed by atoms with van der Waals surface area (Å²) in [6.07, 6.45) is 4.13. The summed E-state index contributed by atoms with van der Waals surface area (Å²) in [6, 6.07) is 5.87. The van der Waals surface area contributed by atoms with Gasteiger partial charge in [0.1, 0.15) is 11.6 Å². The van der Waals surface area contributed by atoms with Crippen molar-refractivity contribution in [3.63, 3.8) is 0 Å². The van der Waals surface area contributed by atoms with Crippen molar-refractivity contribution in [1.29, 1.82) is 0 Å². The van der Waals surface area contributed by atoms with Crippen molar-refractivity contribution in [2.24, 2.45) is 0 Å². The first-order valence-electron chi connectivity index (χ1n) is 11.2. The van der Waals surface area contributed by atoms with Crippen LogP contribution in [0.3, 0.4) is 0 Å². The maximum Gasteiger partial charge on any atom is 0.257 e. The van der Waals surface area contributed by atoms with Gasteiger partial charge in [0.2, 0.25) is 5.91 Å². The van der Waals surface area contributed by atoms with E-state index in [4.69, 9.17) is 9.97 Å². The van der Waals surface area contributed by atoms with Gasteiger partial charge in [0, 0.05) is 29.9 Å². The highest BCUT2D eigenvalue weighted by Gasteiger charge is 2.36. The Morgan fingerprint density at radius 2 is 1.97 bits per heavy atom. The number of carbonyl (C=O) groups excluding carboxylic acids is 2. The van der Waals surface area contributed by atoms with E-state index in [1.807, 2.05) is 13.8 Å². The summed E-state index contributed by atoms with van der Waals surface area (Å²) in [4.78, 5) is 39.1. The molecule has 5 rings (SSSR count). The van der Waals surface area contributed by atoms with Crippen LogP contribution in [0.25, 0.3) is 0 Å². The molecule has 0 bridgehead atoms. The molecule has 1 N–H and O–H groups in total. The average Bonchev–Trinajstić information content (AvgIpc) is 3.46. The molecule has 1 fully saturated rings. The Labute approximate surface area is 190 Å². The maximum absolute atomic E-state index is 13.3. The Morgan fingerprint density at radius 3 is 2.70 bits per heavy atom. The van der Waals surface area contributed by atoms with Gasteiger partial charge in [0.25, 0.3) is 5.91 Å². The van der Waals surface area contributed by atoms with Crippen LogP contribution in [-0.2, 0) is 17.8 Å². The van der Waals surface area contributed by atoms with Crippen molar-refractivity contribution in [3.05, 3.63) is 70.2 Å². The highest BCUT2D eigenvalue weighted by Crippen LogP contribution is 2.36. The maximum atomic E-state index is 13.3. The standard InChI is InChI=1S/C24H25FN6O2/c1-14-18-9-10-21(32)31(13-16-5-7-17(25)8-6-16)23(18)28-22(27-14)20-4-3-11-30(20)24(33)19-12-26-29-15(19)2/h5-8,12,20H,3-4,9-11,13H2,1-2H3,(H,26,29)/t20-/m1/s1. The minimum atomic E-state index is -0.316. The first-order chi connectivity index (χ1) is 15.9. The van der Waals surface area contributed by atoms with E-state index in [-0.39, 0.29) is 23.7 Å². The Kier molecular flexibility index (Phi) is 5.39. The molecular weight excluding hydrogens is 423 g/mol. The minimum Gasteiger partial charge on any atom is -0.328 e. The average molecular weight is 449 g/mol. The summed E-state index contributed by atoms with van der Waals surface area (Å²) in [6.45, 7) is 4.68. The SMILES string of the molecule is Cc1nc([C@H]2CCCN2C(=O)c2cn[nH]c2C)nc2c1CCC(=O)N2Cc1ccc(F)cc1. The molecule has 2 amide bonds. The van der Waals surface area contributed by atoms with Crippen LogP contribution in [0.1, 0.15) is 64.0 Å². The van der Waals surface area contributed by atoms with Crippen LogP contribution < -0.4 is 4.90 Å². The fourth-order valence-corrected chi connectivity index (χ4v) is 4.69. The van der Waals surface area contributed by atoms with Gasteiger partial charge in [-0.05, 0) is 50.8 Å². The zero-order valence-corrected chi connectivity index (χ0v) is 18.6. The molecule has 2 aliphatic heterocycles. The van der Waals surface area contributed by atoms with E-state index < -0.39 is 0 Å². The van der Waals surface area contributed by atoms with Crippen LogP contribution >= 0.6 is 0 Å². The van der Waals surface area contributed by atoms with Crippen LogP contribution in [0.2, 0.25) is 0 Å². The number of anilines is 1. The van der Waals surface area contributed by atoms with Gasteiger partial charge in [-0.1, -0.05) is 12.1 Å². The van der Waals surface area contributed by atoms with Crippen LogP contribution in [0.15, 0.2) is 30.5 Å².